The van der Waals surface area contributed by atoms with Crippen molar-refractivity contribution >= 4 is 33.8 Å². The summed E-state index contributed by atoms with van der Waals surface area (Å²) < 4.78 is 5.69. The molecule has 2 aromatic carbocycles. The summed E-state index contributed by atoms with van der Waals surface area (Å²) >= 11 is 0. The van der Waals surface area contributed by atoms with Gasteiger partial charge in [0.1, 0.15) is 17.8 Å². The van der Waals surface area contributed by atoms with Gasteiger partial charge in [-0.2, -0.15) is 0 Å². The molecular formula is C22H26N6O3. The number of aromatic nitrogens is 2. The second-order valence-corrected chi connectivity index (χ2v) is 7.42. The van der Waals surface area contributed by atoms with E-state index in [1.54, 1.807) is 6.07 Å². The van der Waals surface area contributed by atoms with Gasteiger partial charge >= 0.3 is 0 Å². The molecule has 31 heavy (non-hydrogen) atoms. The Morgan fingerprint density at radius 1 is 1.16 bits per heavy atom. The highest BCUT2D eigenvalue weighted by molar-refractivity contribution is 5.94. The lowest BCUT2D eigenvalue weighted by atomic mass is 10.1. The average molecular weight is 422 g/mol. The largest absolute Gasteiger partial charge is 0.382 e. The normalized spacial score (nSPS) is 15.7. The van der Waals surface area contributed by atoms with Crippen LogP contribution in [-0.4, -0.2) is 40.7 Å². The number of nitrogens with zero attached hydrogens (tertiary/aromatic N) is 3. The molecule has 162 valence electrons. The fourth-order valence-electron chi connectivity index (χ4n) is 3.77. The van der Waals surface area contributed by atoms with Gasteiger partial charge in [0.05, 0.1) is 16.5 Å². The Hall–Kier alpha value is -3.46. The fourth-order valence-corrected chi connectivity index (χ4v) is 3.77. The first-order valence-electron chi connectivity index (χ1n) is 10.5. The van der Waals surface area contributed by atoms with Crippen molar-refractivity contribution in [2.24, 2.45) is 0 Å². The van der Waals surface area contributed by atoms with Crippen LogP contribution in [0.1, 0.15) is 25.3 Å². The molecule has 3 aromatic rings. The Labute approximate surface area is 180 Å². The first kappa shape index (κ1) is 20.8. The number of ether oxygens (including phenoxy) is 1. The summed E-state index contributed by atoms with van der Waals surface area (Å²) in [5.41, 5.74) is 3.21. The molecule has 1 aliphatic rings. The van der Waals surface area contributed by atoms with Crippen LogP contribution in [0.2, 0.25) is 0 Å². The number of nitrogens with one attached hydrogen (secondary N) is 3. The number of rotatable bonds is 9. The van der Waals surface area contributed by atoms with Gasteiger partial charge in [0, 0.05) is 43.4 Å². The highest BCUT2D eigenvalue weighted by Crippen LogP contribution is 2.32. The molecule has 2 heterocycles. The highest BCUT2D eigenvalue weighted by atomic mass is 16.6. The maximum absolute atomic E-state index is 11.5. The predicted octanol–water partition coefficient (Wildman–Crippen LogP) is 4.17. The SMILES string of the molecule is CCNc1cc2ncnc(NCc3ccccc3NCC3CCCO3)c2cc1[N+](=O)[O-]. The van der Waals surface area contributed by atoms with Gasteiger partial charge in [0.15, 0.2) is 0 Å². The van der Waals surface area contributed by atoms with E-state index in [4.69, 9.17) is 4.74 Å². The Morgan fingerprint density at radius 2 is 2.03 bits per heavy atom. The Morgan fingerprint density at radius 3 is 2.81 bits per heavy atom. The van der Waals surface area contributed by atoms with Crippen molar-refractivity contribution in [2.75, 3.05) is 35.6 Å². The summed E-state index contributed by atoms with van der Waals surface area (Å²) in [6.45, 7) is 4.60. The van der Waals surface area contributed by atoms with Crippen molar-refractivity contribution in [2.45, 2.75) is 32.4 Å². The lowest BCUT2D eigenvalue weighted by Gasteiger charge is -2.16. The zero-order valence-electron chi connectivity index (χ0n) is 17.4. The number of hydrogen-bond donors (Lipinski definition) is 3. The van der Waals surface area contributed by atoms with Gasteiger partial charge in [-0.1, -0.05) is 18.2 Å². The molecule has 4 rings (SSSR count). The zero-order valence-corrected chi connectivity index (χ0v) is 17.4. The van der Waals surface area contributed by atoms with E-state index in [-0.39, 0.29) is 11.8 Å². The van der Waals surface area contributed by atoms with Crippen LogP contribution < -0.4 is 16.0 Å². The van der Waals surface area contributed by atoms with Crippen LogP contribution in [0.5, 0.6) is 0 Å². The van der Waals surface area contributed by atoms with Crippen LogP contribution in [0.4, 0.5) is 22.9 Å². The lowest BCUT2D eigenvalue weighted by molar-refractivity contribution is -0.383. The van der Waals surface area contributed by atoms with E-state index >= 15 is 0 Å². The second-order valence-electron chi connectivity index (χ2n) is 7.42. The van der Waals surface area contributed by atoms with Crippen molar-refractivity contribution in [3.8, 4) is 0 Å². The van der Waals surface area contributed by atoms with E-state index in [9.17, 15) is 10.1 Å². The third-order valence-electron chi connectivity index (χ3n) is 5.32. The van der Waals surface area contributed by atoms with Gasteiger partial charge in [-0.15, -0.1) is 0 Å². The molecule has 0 spiro atoms. The third kappa shape index (κ3) is 4.83. The molecule has 9 nitrogen and oxygen atoms in total. The number of hydrogen-bond acceptors (Lipinski definition) is 8. The van der Waals surface area contributed by atoms with E-state index in [1.807, 2.05) is 31.2 Å². The smallest absolute Gasteiger partial charge is 0.293 e. The van der Waals surface area contributed by atoms with Crippen LogP contribution in [0.3, 0.4) is 0 Å². The van der Waals surface area contributed by atoms with Crippen LogP contribution in [0.25, 0.3) is 10.9 Å². The number of nitro benzene ring substituents is 1. The van der Waals surface area contributed by atoms with Gasteiger partial charge in [-0.3, -0.25) is 10.1 Å². The molecule has 0 saturated carbocycles. The van der Waals surface area contributed by atoms with Gasteiger partial charge in [0.25, 0.3) is 5.69 Å². The molecule has 1 atom stereocenters. The minimum absolute atomic E-state index is 0.00540. The first-order valence-corrected chi connectivity index (χ1v) is 10.5. The zero-order chi connectivity index (χ0) is 21.6. The van der Waals surface area contributed by atoms with E-state index in [2.05, 4.69) is 25.9 Å². The molecule has 0 aliphatic carbocycles. The number of para-hydroxylation sites is 1. The van der Waals surface area contributed by atoms with Crippen molar-refractivity contribution in [3.63, 3.8) is 0 Å². The van der Waals surface area contributed by atoms with Crippen LogP contribution in [-0.2, 0) is 11.3 Å². The number of anilines is 3. The van der Waals surface area contributed by atoms with E-state index < -0.39 is 4.92 Å². The van der Waals surface area contributed by atoms with Crippen LogP contribution >= 0.6 is 0 Å². The Balaban J connectivity index is 1.55. The monoisotopic (exact) mass is 422 g/mol. The number of nitro groups is 1. The van der Waals surface area contributed by atoms with Crippen molar-refractivity contribution < 1.29 is 9.66 Å². The molecule has 1 unspecified atom stereocenters. The summed E-state index contributed by atoms with van der Waals surface area (Å²) in [7, 11) is 0. The summed E-state index contributed by atoms with van der Waals surface area (Å²) in [6, 6.07) is 11.3. The standard InChI is InChI=1S/C22H26N6O3/c1-2-23-20-11-19-17(10-21(20)28(29)30)22(27-14-26-19)25-12-15-6-3-4-8-18(15)24-13-16-7-5-9-31-16/h3-4,6,8,10-11,14,16,23-24H,2,5,7,9,12-13H2,1H3,(H,25,26,27). The molecule has 1 fully saturated rings. The lowest BCUT2D eigenvalue weighted by Crippen LogP contribution is -2.19. The maximum atomic E-state index is 11.5. The van der Waals surface area contributed by atoms with Crippen molar-refractivity contribution in [1.29, 1.82) is 0 Å². The van der Waals surface area contributed by atoms with Crippen LogP contribution in [0, 0.1) is 10.1 Å². The Bertz CT molecular complexity index is 1070. The minimum Gasteiger partial charge on any atom is -0.382 e. The summed E-state index contributed by atoms with van der Waals surface area (Å²) in [4.78, 5) is 19.8. The van der Waals surface area contributed by atoms with Crippen molar-refractivity contribution in [1.82, 2.24) is 9.97 Å². The molecule has 3 N–H and O–H groups in total. The fraction of sp³-hybridized carbons (Fsp3) is 0.364. The van der Waals surface area contributed by atoms with E-state index in [0.717, 1.165) is 37.2 Å². The molecule has 1 aliphatic heterocycles. The summed E-state index contributed by atoms with van der Waals surface area (Å²) in [6.07, 6.45) is 3.90. The molecule has 1 saturated heterocycles. The van der Waals surface area contributed by atoms with E-state index in [0.29, 0.717) is 35.5 Å². The minimum atomic E-state index is -0.390. The molecule has 0 bridgehead atoms. The second kappa shape index (κ2) is 9.57. The van der Waals surface area contributed by atoms with Gasteiger partial charge in [-0.05, 0) is 37.5 Å². The molecule has 1 aromatic heterocycles. The molecule has 0 amide bonds. The average Bonchev–Trinajstić information content (AvgIpc) is 3.30. The van der Waals surface area contributed by atoms with Gasteiger partial charge in [0.2, 0.25) is 0 Å². The number of fused-ring (bicyclic) bond motifs is 1. The summed E-state index contributed by atoms with van der Waals surface area (Å²) in [5.74, 6) is 0.560. The van der Waals surface area contributed by atoms with Gasteiger partial charge in [-0.25, -0.2) is 9.97 Å². The third-order valence-corrected chi connectivity index (χ3v) is 5.32. The van der Waals surface area contributed by atoms with Gasteiger partial charge < -0.3 is 20.7 Å². The molecule has 0 radical (unpaired) electrons. The number of benzene rings is 2. The van der Waals surface area contributed by atoms with E-state index in [1.165, 1.54) is 12.4 Å². The maximum Gasteiger partial charge on any atom is 0.293 e. The Kier molecular flexibility index (Phi) is 6.42. The van der Waals surface area contributed by atoms with Crippen molar-refractivity contribution in [3.05, 3.63) is 58.4 Å². The quantitative estimate of drug-likeness (QED) is 0.348. The highest BCUT2D eigenvalue weighted by Gasteiger charge is 2.18. The molecule has 9 heteroatoms. The first-order chi connectivity index (χ1) is 15.2. The van der Waals surface area contributed by atoms with Crippen LogP contribution in [0.15, 0.2) is 42.7 Å². The topological polar surface area (TPSA) is 114 Å². The predicted molar refractivity (Wildman–Crippen MR) is 122 cm³/mol. The molecular weight excluding hydrogens is 396 g/mol. The summed E-state index contributed by atoms with van der Waals surface area (Å²) in [5, 5.41) is 22.0.